The molecule has 0 N–H and O–H groups in total. The van der Waals surface area contributed by atoms with Crippen LogP contribution in [-0.2, 0) is 11.0 Å². The molecule has 0 heterocycles. The average Bonchev–Trinajstić information content (AvgIpc) is 2.46. The van der Waals surface area contributed by atoms with Gasteiger partial charge in [-0.1, -0.05) is 11.6 Å². The van der Waals surface area contributed by atoms with Crippen molar-refractivity contribution >= 4 is 28.3 Å². The summed E-state index contributed by atoms with van der Waals surface area (Å²) in [5.74, 6) is 0.0180. The van der Waals surface area contributed by atoms with Gasteiger partial charge in [0.25, 0.3) is 0 Å². The number of benzene rings is 1. The Balaban J connectivity index is 3.03. The van der Waals surface area contributed by atoms with Crippen molar-refractivity contribution in [1.82, 2.24) is 0 Å². The zero-order chi connectivity index (χ0) is 21.0. The van der Waals surface area contributed by atoms with Crippen LogP contribution in [0.1, 0.15) is 39.2 Å². The maximum atomic E-state index is 13.3. The van der Waals surface area contributed by atoms with Crippen molar-refractivity contribution in [2.75, 3.05) is 6.61 Å². The molecule has 0 aliphatic rings. The Morgan fingerprint density at radius 3 is 2.19 bits per heavy atom. The third kappa shape index (κ3) is 8.08. The molecular weight excluding hydrogens is 420 g/mol. The molecule has 1 aromatic rings. The highest BCUT2D eigenvalue weighted by molar-refractivity contribution is 7.85. The van der Waals surface area contributed by atoms with Crippen LogP contribution in [-0.4, -0.2) is 33.6 Å². The van der Waals surface area contributed by atoms with Crippen LogP contribution in [0.3, 0.4) is 0 Å². The van der Waals surface area contributed by atoms with E-state index >= 15 is 0 Å². The molecular formula is C16H18ClF6NO2S. The van der Waals surface area contributed by atoms with Crippen LogP contribution >= 0.6 is 11.6 Å². The van der Waals surface area contributed by atoms with Crippen molar-refractivity contribution in [1.29, 1.82) is 0 Å². The number of halogens is 7. The van der Waals surface area contributed by atoms with Crippen molar-refractivity contribution in [3.05, 3.63) is 28.8 Å². The first-order chi connectivity index (χ1) is 12.1. The van der Waals surface area contributed by atoms with E-state index in [0.29, 0.717) is 0 Å². The van der Waals surface area contributed by atoms with Crippen LogP contribution in [0.4, 0.5) is 26.3 Å². The second-order valence-electron chi connectivity index (χ2n) is 6.51. The van der Waals surface area contributed by atoms with E-state index < -0.39 is 45.8 Å². The van der Waals surface area contributed by atoms with Crippen LogP contribution in [0.2, 0.25) is 5.02 Å². The minimum Gasteiger partial charge on any atom is -0.494 e. The Bertz CT molecular complexity index is 710. The van der Waals surface area contributed by atoms with Crippen molar-refractivity contribution in [2.45, 2.75) is 50.7 Å². The SMILES string of the molecule is CC(C)(C)[S@](=O)N=C(c1ccc(OCCCC(F)(F)F)cc1Cl)C(F)(F)F. The summed E-state index contributed by atoms with van der Waals surface area (Å²) in [5.41, 5.74) is -1.89. The zero-order valence-corrected chi connectivity index (χ0v) is 16.2. The van der Waals surface area contributed by atoms with Gasteiger partial charge in [0, 0.05) is 12.0 Å². The van der Waals surface area contributed by atoms with Gasteiger partial charge in [-0.2, -0.15) is 30.7 Å². The standard InChI is InChI=1S/C16H18ClF6NO2S/c1-14(2,3)27(25)24-13(16(21,22)23)11-6-5-10(9-12(11)17)26-8-4-7-15(18,19)20/h5-6,9H,4,7-8H2,1-3H3/t27-/m0/s1. The minimum atomic E-state index is -4.90. The summed E-state index contributed by atoms with van der Waals surface area (Å²) in [4.78, 5) is 0. The molecule has 0 aromatic heterocycles. The van der Waals surface area contributed by atoms with Crippen LogP contribution in [0, 0.1) is 0 Å². The topological polar surface area (TPSA) is 38.7 Å². The fourth-order valence-corrected chi connectivity index (χ4v) is 2.62. The Kier molecular flexibility index (Phi) is 7.75. The van der Waals surface area contributed by atoms with Crippen molar-refractivity contribution < 1.29 is 35.3 Å². The molecule has 11 heteroatoms. The van der Waals surface area contributed by atoms with E-state index in [1.54, 1.807) is 0 Å². The first-order valence-corrected chi connectivity index (χ1v) is 9.17. The lowest BCUT2D eigenvalue weighted by Gasteiger charge is -2.17. The van der Waals surface area contributed by atoms with E-state index in [0.717, 1.165) is 18.2 Å². The summed E-state index contributed by atoms with van der Waals surface area (Å²) in [5, 5.41) is -0.370. The lowest BCUT2D eigenvalue weighted by atomic mass is 10.1. The van der Waals surface area contributed by atoms with Gasteiger partial charge in [0.05, 0.1) is 16.4 Å². The highest BCUT2D eigenvalue weighted by atomic mass is 35.5. The van der Waals surface area contributed by atoms with Gasteiger partial charge in [-0.25, -0.2) is 4.21 Å². The lowest BCUT2D eigenvalue weighted by molar-refractivity contribution is -0.136. The van der Waals surface area contributed by atoms with Crippen molar-refractivity contribution in [3.63, 3.8) is 0 Å². The van der Waals surface area contributed by atoms with Gasteiger partial charge < -0.3 is 4.74 Å². The van der Waals surface area contributed by atoms with Crippen molar-refractivity contribution in [2.24, 2.45) is 4.40 Å². The summed E-state index contributed by atoms with van der Waals surface area (Å²) in [6.07, 6.45) is -10.6. The number of hydrogen-bond donors (Lipinski definition) is 0. The fourth-order valence-electron chi connectivity index (χ4n) is 1.71. The summed E-state index contributed by atoms with van der Waals surface area (Å²) in [7, 11) is -2.17. The molecule has 0 aliphatic heterocycles. The molecule has 0 saturated carbocycles. The molecule has 0 radical (unpaired) electrons. The Morgan fingerprint density at radius 2 is 1.74 bits per heavy atom. The largest absolute Gasteiger partial charge is 0.494 e. The van der Waals surface area contributed by atoms with Gasteiger partial charge in [-0.15, -0.1) is 0 Å². The van der Waals surface area contributed by atoms with Gasteiger partial charge in [-0.05, 0) is 45.4 Å². The lowest BCUT2D eigenvalue weighted by Crippen LogP contribution is -2.28. The van der Waals surface area contributed by atoms with E-state index in [-0.39, 0.29) is 23.8 Å². The van der Waals surface area contributed by atoms with Gasteiger partial charge in [-0.3, -0.25) is 0 Å². The first kappa shape index (κ1) is 23.7. The summed E-state index contributed by atoms with van der Waals surface area (Å²) in [6.45, 7) is 4.14. The molecule has 0 saturated heterocycles. The minimum absolute atomic E-state index is 0.0180. The quantitative estimate of drug-likeness (QED) is 0.317. The molecule has 0 unspecified atom stereocenters. The molecule has 3 nitrogen and oxygen atoms in total. The van der Waals surface area contributed by atoms with E-state index in [2.05, 4.69) is 4.40 Å². The molecule has 0 spiro atoms. The number of rotatable bonds is 6. The number of hydrogen-bond acceptors (Lipinski definition) is 2. The third-order valence-electron chi connectivity index (χ3n) is 3.04. The van der Waals surface area contributed by atoms with Crippen LogP contribution < -0.4 is 4.74 Å². The monoisotopic (exact) mass is 437 g/mol. The number of ether oxygens (including phenoxy) is 1. The Morgan fingerprint density at radius 1 is 1.15 bits per heavy atom. The molecule has 0 fully saturated rings. The van der Waals surface area contributed by atoms with E-state index in [1.165, 1.54) is 20.8 Å². The van der Waals surface area contributed by atoms with E-state index in [9.17, 15) is 30.6 Å². The highest BCUT2D eigenvalue weighted by Gasteiger charge is 2.39. The Hall–Kier alpha value is -1.29. The second kappa shape index (κ2) is 8.81. The van der Waals surface area contributed by atoms with Gasteiger partial charge in [0.2, 0.25) is 0 Å². The first-order valence-electron chi connectivity index (χ1n) is 7.68. The summed E-state index contributed by atoms with van der Waals surface area (Å²) < 4.78 is 95.5. The van der Waals surface area contributed by atoms with Gasteiger partial charge in [0.15, 0.2) is 5.71 Å². The van der Waals surface area contributed by atoms with Gasteiger partial charge in [0.1, 0.15) is 16.7 Å². The average molecular weight is 438 g/mol. The molecule has 0 aliphatic carbocycles. The molecule has 1 atom stereocenters. The van der Waals surface area contributed by atoms with E-state index in [4.69, 9.17) is 16.3 Å². The van der Waals surface area contributed by atoms with Crippen LogP contribution in [0.25, 0.3) is 0 Å². The predicted molar refractivity (Wildman–Crippen MR) is 92.7 cm³/mol. The molecule has 0 amide bonds. The molecule has 27 heavy (non-hydrogen) atoms. The normalized spacial score (nSPS) is 15.0. The summed E-state index contributed by atoms with van der Waals surface area (Å²) >= 11 is 5.87. The Labute approximate surface area is 160 Å². The van der Waals surface area contributed by atoms with Crippen molar-refractivity contribution in [3.8, 4) is 5.75 Å². The molecule has 1 aromatic carbocycles. The maximum Gasteiger partial charge on any atom is 0.434 e. The predicted octanol–water partition coefficient (Wildman–Crippen LogP) is 5.87. The summed E-state index contributed by atoms with van der Waals surface area (Å²) in [6, 6.07) is 3.16. The second-order valence-corrected chi connectivity index (χ2v) is 8.82. The molecule has 154 valence electrons. The van der Waals surface area contributed by atoms with Crippen LogP contribution in [0.5, 0.6) is 5.75 Å². The fraction of sp³-hybridized carbons (Fsp3) is 0.562. The van der Waals surface area contributed by atoms with Gasteiger partial charge >= 0.3 is 12.4 Å². The molecule has 0 bridgehead atoms. The highest BCUT2D eigenvalue weighted by Crippen LogP contribution is 2.31. The smallest absolute Gasteiger partial charge is 0.434 e. The third-order valence-corrected chi connectivity index (χ3v) is 4.74. The molecule has 1 rings (SSSR count). The van der Waals surface area contributed by atoms with Crippen LogP contribution in [0.15, 0.2) is 22.6 Å². The maximum absolute atomic E-state index is 13.3. The van der Waals surface area contributed by atoms with E-state index in [1.807, 2.05) is 0 Å². The number of alkyl halides is 6. The number of nitrogens with zero attached hydrogens (tertiary/aromatic N) is 1. The zero-order valence-electron chi connectivity index (χ0n) is 14.7.